The number of amides is 1. The number of carbonyl (C=O) groups excluding carboxylic acids is 1. The van der Waals surface area contributed by atoms with Crippen LogP contribution in [0.3, 0.4) is 0 Å². The van der Waals surface area contributed by atoms with Crippen LogP contribution in [-0.4, -0.2) is 30.0 Å². The number of rotatable bonds is 4. The molecule has 1 amide bonds. The number of carbonyl (C=O) groups is 1. The van der Waals surface area contributed by atoms with Gasteiger partial charge in [0, 0.05) is 12.0 Å². The van der Waals surface area contributed by atoms with E-state index in [1.807, 2.05) is 58.9 Å². The number of aryl methyl sites for hydroxylation is 1. The van der Waals surface area contributed by atoms with E-state index in [1.54, 1.807) is 0 Å². The van der Waals surface area contributed by atoms with Crippen molar-refractivity contribution in [1.29, 1.82) is 0 Å². The van der Waals surface area contributed by atoms with Gasteiger partial charge < -0.3 is 15.2 Å². The molecular formula is C16H25NO3. The molecule has 0 saturated heterocycles. The van der Waals surface area contributed by atoms with E-state index in [4.69, 9.17) is 4.74 Å². The molecule has 0 heterocycles. The summed E-state index contributed by atoms with van der Waals surface area (Å²) in [5.41, 5.74) is 1.10. The van der Waals surface area contributed by atoms with Crippen molar-refractivity contribution in [1.82, 2.24) is 5.32 Å². The lowest BCUT2D eigenvalue weighted by Crippen LogP contribution is -2.43. The Balaban J connectivity index is 2.71. The van der Waals surface area contributed by atoms with Crippen molar-refractivity contribution >= 4 is 6.09 Å². The molecule has 0 saturated carbocycles. The Hall–Kier alpha value is -1.55. The number of ether oxygens (including phenoxy) is 1. The predicted octanol–water partition coefficient (Wildman–Crippen LogP) is 2.77. The Morgan fingerprint density at radius 2 is 1.75 bits per heavy atom. The molecule has 0 aliphatic carbocycles. The Labute approximate surface area is 121 Å². The molecule has 2 N–H and O–H groups in total. The van der Waals surface area contributed by atoms with Crippen molar-refractivity contribution in [2.24, 2.45) is 0 Å². The monoisotopic (exact) mass is 279 g/mol. The third kappa shape index (κ3) is 4.85. The zero-order valence-electron chi connectivity index (χ0n) is 13.0. The quantitative estimate of drug-likeness (QED) is 0.891. The first-order valence-corrected chi connectivity index (χ1v) is 6.81. The van der Waals surface area contributed by atoms with E-state index in [9.17, 15) is 9.90 Å². The molecule has 0 spiro atoms. The lowest BCUT2D eigenvalue weighted by atomic mass is 9.83. The second kappa shape index (κ2) is 6.27. The second-order valence-corrected chi connectivity index (χ2v) is 6.44. The highest BCUT2D eigenvalue weighted by Crippen LogP contribution is 2.23. The minimum atomic E-state index is -0.524. The van der Waals surface area contributed by atoms with Gasteiger partial charge in [0.15, 0.2) is 0 Å². The van der Waals surface area contributed by atoms with Crippen LogP contribution in [0.5, 0.6) is 0 Å². The predicted molar refractivity (Wildman–Crippen MR) is 79.9 cm³/mol. The molecule has 0 aliphatic rings. The smallest absolute Gasteiger partial charge is 0.407 e. The van der Waals surface area contributed by atoms with Crippen LogP contribution < -0.4 is 5.32 Å². The minimum absolute atomic E-state index is 0.0497. The molecule has 0 aromatic heterocycles. The van der Waals surface area contributed by atoms with Crippen molar-refractivity contribution in [3.05, 3.63) is 35.4 Å². The van der Waals surface area contributed by atoms with Crippen LogP contribution in [0.1, 0.15) is 38.8 Å². The summed E-state index contributed by atoms with van der Waals surface area (Å²) in [6.45, 7) is 9.65. The summed E-state index contributed by atoms with van der Waals surface area (Å²) in [6.07, 6.45) is -0.468. The largest absolute Gasteiger partial charge is 0.444 e. The Bertz CT molecular complexity index is 448. The van der Waals surface area contributed by atoms with Gasteiger partial charge in [0.05, 0.1) is 6.61 Å². The van der Waals surface area contributed by atoms with Gasteiger partial charge in [0.1, 0.15) is 5.60 Å². The molecule has 0 fully saturated rings. The summed E-state index contributed by atoms with van der Waals surface area (Å²) in [6, 6.07) is 7.94. The third-order valence-electron chi connectivity index (χ3n) is 3.12. The summed E-state index contributed by atoms with van der Waals surface area (Å²) < 4.78 is 5.20. The highest BCUT2D eigenvalue weighted by Gasteiger charge is 2.27. The van der Waals surface area contributed by atoms with Crippen LogP contribution in [0.4, 0.5) is 4.79 Å². The minimum Gasteiger partial charge on any atom is -0.444 e. The summed E-state index contributed by atoms with van der Waals surface area (Å²) >= 11 is 0. The van der Waals surface area contributed by atoms with E-state index in [0.29, 0.717) is 6.54 Å². The molecule has 0 radical (unpaired) electrons. The zero-order chi connectivity index (χ0) is 15.4. The Morgan fingerprint density at radius 1 is 1.20 bits per heavy atom. The van der Waals surface area contributed by atoms with Crippen LogP contribution >= 0.6 is 0 Å². The number of benzene rings is 1. The average molecular weight is 279 g/mol. The number of aliphatic hydroxyl groups excluding tert-OH is 1. The van der Waals surface area contributed by atoms with Crippen molar-refractivity contribution in [2.45, 2.75) is 45.6 Å². The molecule has 4 nitrogen and oxygen atoms in total. The Kier molecular flexibility index (Phi) is 5.17. The molecule has 1 unspecified atom stereocenters. The Morgan fingerprint density at radius 3 is 2.20 bits per heavy atom. The topological polar surface area (TPSA) is 58.6 Å². The summed E-state index contributed by atoms with van der Waals surface area (Å²) in [5, 5.41) is 12.4. The zero-order valence-corrected chi connectivity index (χ0v) is 13.0. The number of aliphatic hydroxyl groups is 1. The third-order valence-corrected chi connectivity index (χ3v) is 3.12. The van der Waals surface area contributed by atoms with E-state index in [1.165, 1.54) is 0 Å². The van der Waals surface area contributed by atoms with E-state index in [2.05, 4.69) is 5.32 Å². The molecule has 1 aromatic rings. The maximum absolute atomic E-state index is 11.7. The first-order valence-electron chi connectivity index (χ1n) is 6.81. The van der Waals surface area contributed by atoms with Gasteiger partial charge in [-0.05, 0) is 33.3 Å². The highest BCUT2D eigenvalue weighted by atomic mass is 16.6. The first-order chi connectivity index (χ1) is 9.16. The van der Waals surface area contributed by atoms with E-state index < -0.39 is 17.1 Å². The van der Waals surface area contributed by atoms with Gasteiger partial charge in [-0.3, -0.25) is 0 Å². The maximum atomic E-state index is 11.7. The van der Waals surface area contributed by atoms with Gasteiger partial charge in [0.2, 0.25) is 0 Å². The van der Waals surface area contributed by atoms with Crippen LogP contribution in [0.15, 0.2) is 24.3 Å². The van der Waals surface area contributed by atoms with E-state index in [0.717, 1.165) is 11.1 Å². The molecule has 20 heavy (non-hydrogen) atoms. The van der Waals surface area contributed by atoms with Crippen LogP contribution in [0.25, 0.3) is 0 Å². The van der Waals surface area contributed by atoms with Gasteiger partial charge >= 0.3 is 6.09 Å². The highest BCUT2D eigenvalue weighted by molar-refractivity contribution is 5.67. The molecule has 1 aromatic carbocycles. The first kappa shape index (κ1) is 16.5. The van der Waals surface area contributed by atoms with Crippen LogP contribution in [-0.2, 0) is 10.2 Å². The standard InChI is InChI=1S/C16H25NO3/c1-12-6-8-13(9-7-12)16(5,11-18)10-17-14(19)20-15(2,3)4/h6-9,18H,10-11H2,1-5H3,(H,17,19). The lowest BCUT2D eigenvalue weighted by Gasteiger charge is -2.29. The molecule has 112 valence electrons. The van der Waals surface area contributed by atoms with Crippen molar-refractivity contribution < 1.29 is 14.6 Å². The van der Waals surface area contributed by atoms with Gasteiger partial charge in [0.25, 0.3) is 0 Å². The van der Waals surface area contributed by atoms with E-state index >= 15 is 0 Å². The van der Waals surface area contributed by atoms with E-state index in [-0.39, 0.29) is 6.61 Å². The summed E-state index contributed by atoms with van der Waals surface area (Å²) in [5.74, 6) is 0. The molecule has 0 aliphatic heterocycles. The summed E-state index contributed by atoms with van der Waals surface area (Å²) in [7, 11) is 0. The SMILES string of the molecule is Cc1ccc(C(C)(CO)CNC(=O)OC(C)(C)C)cc1. The summed E-state index contributed by atoms with van der Waals surface area (Å²) in [4.78, 5) is 11.7. The fraction of sp³-hybridized carbons (Fsp3) is 0.562. The number of hydrogen-bond donors (Lipinski definition) is 2. The number of hydrogen-bond acceptors (Lipinski definition) is 3. The number of nitrogens with one attached hydrogen (secondary N) is 1. The molecular weight excluding hydrogens is 254 g/mol. The van der Waals surface area contributed by atoms with Crippen molar-refractivity contribution in [2.75, 3.05) is 13.2 Å². The van der Waals surface area contributed by atoms with Crippen LogP contribution in [0.2, 0.25) is 0 Å². The molecule has 1 atom stereocenters. The van der Waals surface area contributed by atoms with Crippen LogP contribution in [0, 0.1) is 6.92 Å². The van der Waals surface area contributed by atoms with Gasteiger partial charge in [-0.2, -0.15) is 0 Å². The molecule has 4 heteroatoms. The average Bonchev–Trinajstić information content (AvgIpc) is 2.35. The van der Waals surface area contributed by atoms with Crippen molar-refractivity contribution in [3.63, 3.8) is 0 Å². The lowest BCUT2D eigenvalue weighted by molar-refractivity contribution is 0.0507. The maximum Gasteiger partial charge on any atom is 0.407 e. The normalized spacial score (nSPS) is 14.5. The van der Waals surface area contributed by atoms with Gasteiger partial charge in [-0.15, -0.1) is 0 Å². The molecule has 1 rings (SSSR count). The fourth-order valence-corrected chi connectivity index (χ4v) is 1.79. The molecule has 0 bridgehead atoms. The van der Waals surface area contributed by atoms with Gasteiger partial charge in [-0.25, -0.2) is 4.79 Å². The second-order valence-electron chi connectivity index (χ2n) is 6.44. The number of alkyl carbamates (subject to hydrolysis) is 1. The van der Waals surface area contributed by atoms with Crippen molar-refractivity contribution in [3.8, 4) is 0 Å². The van der Waals surface area contributed by atoms with Gasteiger partial charge in [-0.1, -0.05) is 36.8 Å². The fourth-order valence-electron chi connectivity index (χ4n) is 1.79.